The van der Waals surface area contributed by atoms with E-state index in [4.69, 9.17) is 9.84 Å². The molecule has 2 unspecified atom stereocenters. The molecule has 0 saturated heterocycles. The molecule has 0 radical (unpaired) electrons. The summed E-state index contributed by atoms with van der Waals surface area (Å²) in [6.45, 7) is 8.74. The fraction of sp³-hybridized carbons (Fsp3) is 0.636. The quantitative estimate of drug-likeness (QED) is 0.633. The Bertz CT molecular complexity index is 263. The van der Waals surface area contributed by atoms with Gasteiger partial charge in [0.05, 0.1) is 6.61 Å². The molecule has 2 N–H and O–H groups in total. The molecule has 0 saturated carbocycles. The van der Waals surface area contributed by atoms with Gasteiger partial charge in [0.2, 0.25) is 5.91 Å². The van der Waals surface area contributed by atoms with Gasteiger partial charge in [-0.05, 0) is 12.8 Å². The van der Waals surface area contributed by atoms with Crippen molar-refractivity contribution in [2.75, 3.05) is 6.61 Å². The van der Waals surface area contributed by atoms with Crippen LogP contribution in [-0.2, 0) is 14.3 Å². The summed E-state index contributed by atoms with van der Waals surface area (Å²) >= 11 is 0. The van der Waals surface area contributed by atoms with Gasteiger partial charge in [-0.2, -0.15) is 0 Å². The molecule has 0 fully saturated rings. The third-order valence-electron chi connectivity index (χ3n) is 2.06. The lowest BCUT2D eigenvalue weighted by molar-refractivity contribution is -0.145. The standard InChI is InChI=1S/C11H19NO4/c1-5-6-16-8(4)10(13)12-9(7(2)3)11(14)15/h5,7-9H,1,6H2,2-4H3,(H,12,13)(H,14,15). The summed E-state index contributed by atoms with van der Waals surface area (Å²) in [6.07, 6.45) is 0.847. The van der Waals surface area contributed by atoms with Crippen LogP contribution in [0.25, 0.3) is 0 Å². The molecule has 0 aromatic rings. The van der Waals surface area contributed by atoms with Gasteiger partial charge in [0.15, 0.2) is 0 Å². The van der Waals surface area contributed by atoms with E-state index in [1.165, 1.54) is 6.08 Å². The molecule has 0 aliphatic rings. The highest BCUT2D eigenvalue weighted by molar-refractivity contribution is 5.86. The number of amides is 1. The van der Waals surface area contributed by atoms with Crippen molar-refractivity contribution in [2.24, 2.45) is 5.92 Å². The third kappa shape index (κ3) is 4.93. The zero-order valence-corrected chi connectivity index (χ0v) is 9.90. The highest BCUT2D eigenvalue weighted by atomic mass is 16.5. The van der Waals surface area contributed by atoms with Crippen molar-refractivity contribution in [3.05, 3.63) is 12.7 Å². The van der Waals surface area contributed by atoms with E-state index in [0.717, 1.165) is 0 Å². The van der Waals surface area contributed by atoms with E-state index in [0.29, 0.717) is 0 Å². The first-order valence-corrected chi connectivity index (χ1v) is 5.15. The Balaban J connectivity index is 4.28. The summed E-state index contributed by atoms with van der Waals surface area (Å²) < 4.78 is 5.09. The van der Waals surface area contributed by atoms with E-state index >= 15 is 0 Å². The normalized spacial score (nSPS) is 14.2. The molecule has 0 heterocycles. The Morgan fingerprint density at radius 2 is 2.00 bits per heavy atom. The van der Waals surface area contributed by atoms with Gasteiger partial charge in [0.25, 0.3) is 0 Å². The highest BCUT2D eigenvalue weighted by Gasteiger charge is 2.25. The van der Waals surface area contributed by atoms with Gasteiger partial charge in [0, 0.05) is 0 Å². The van der Waals surface area contributed by atoms with Gasteiger partial charge in [0.1, 0.15) is 12.1 Å². The van der Waals surface area contributed by atoms with E-state index in [2.05, 4.69) is 11.9 Å². The van der Waals surface area contributed by atoms with Crippen molar-refractivity contribution in [2.45, 2.75) is 32.9 Å². The van der Waals surface area contributed by atoms with E-state index in [1.54, 1.807) is 20.8 Å². The second kappa shape index (κ2) is 7.00. The maximum atomic E-state index is 11.5. The van der Waals surface area contributed by atoms with Gasteiger partial charge in [-0.1, -0.05) is 19.9 Å². The number of ether oxygens (including phenoxy) is 1. The number of carbonyl (C=O) groups is 2. The van der Waals surface area contributed by atoms with Crippen LogP contribution in [0.2, 0.25) is 0 Å². The second-order valence-corrected chi connectivity index (χ2v) is 3.83. The van der Waals surface area contributed by atoms with E-state index in [9.17, 15) is 9.59 Å². The first-order valence-electron chi connectivity index (χ1n) is 5.15. The minimum absolute atomic E-state index is 0.173. The summed E-state index contributed by atoms with van der Waals surface area (Å²) in [7, 11) is 0. The minimum Gasteiger partial charge on any atom is -0.480 e. The monoisotopic (exact) mass is 229 g/mol. The van der Waals surface area contributed by atoms with Gasteiger partial charge < -0.3 is 15.2 Å². The van der Waals surface area contributed by atoms with Crippen LogP contribution >= 0.6 is 0 Å². The molecule has 0 spiro atoms. The Morgan fingerprint density at radius 1 is 1.44 bits per heavy atom. The smallest absolute Gasteiger partial charge is 0.326 e. The Labute approximate surface area is 95.5 Å². The van der Waals surface area contributed by atoms with E-state index in [1.807, 2.05) is 0 Å². The van der Waals surface area contributed by atoms with Crippen molar-refractivity contribution < 1.29 is 19.4 Å². The van der Waals surface area contributed by atoms with Gasteiger partial charge >= 0.3 is 5.97 Å². The molecule has 2 atom stereocenters. The van der Waals surface area contributed by atoms with Crippen molar-refractivity contribution in [1.82, 2.24) is 5.32 Å². The number of rotatable bonds is 7. The minimum atomic E-state index is -1.04. The second-order valence-electron chi connectivity index (χ2n) is 3.83. The average molecular weight is 229 g/mol. The summed E-state index contributed by atoms with van der Waals surface area (Å²) in [5.74, 6) is -1.64. The lowest BCUT2D eigenvalue weighted by Crippen LogP contribution is -2.48. The molecule has 16 heavy (non-hydrogen) atoms. The van der Waals surface area contributed by atoms with Crippen molar-refractivity contribution >= 4 is 11.9 Å². The fourth-order valence-electron chi connectivity index (χ4n) is 1.07. The van der Waals surface area contributed by atoms with Crippen LogP contribution in [0.4, 0.5) is 0 Å². The lowest BCUT2D eigenvalue weighted by Gasteiger charge is -2.20. The molecule has 92 valence electrons. The Hall–Kier alpha value is -1.36. The summed E-state index contributed by atoms with van der Waals surface area (Å²) in [5, 5.41) is 11.3. The molecular weight excluding hydrogens is 210 g/mol. The van der Waals surface area contributed by atoms with E-state index in [-0.39, 0.29) is 12.5 Å². The van der Waals surface area contributed by atoms with Crippen LogP contribution in [0.5, 0.6) is 0 Å². The molecular formula is C11H19NO4. The zero-order valence-electron chi connectivity index (χ0n) is 9.90. The number of aliphatic carboxylic acids is 1. The molecule has 5 heteroatoms. The van der Waals surface area contributed by atoms with Crippen LogP contribution in [0, 0.1) is 5.92 Å². The van der Waals surface area contributed by atoms with Crippen molar-refractivity contribution in [1.29, 1.82) is 0 Å². The van der Waals surface area contributed by atoms with Gasteiger partial charge in [-0.15, -0.1) is 6.58 Å². The third-order valence-corrected chi connectivity index (χ3v) is 2.06. The maximum absolute atomic E-state index is 11.5. The predicted octanol–water partition coefficient (Wildman–Crippen LogP) is 0.803. The highest BCUT2D eigenvalue weighted by Crippen LogP contribution is 2.03. The molecule has 0 aliphatic heterocycles. The molecule has 0 rings (SSSR count). The van der Waals surface area contributed by atoms with Gasteiger partial charge in [-0.25, -0.2) is 4.79 Å². The van der Waals surface area contributed by atoms with Crippen LogP contribution in [0.1, 0.15) is 20.8 Å². The molecule has 0 aromatic heterocycles. The van der Waals surface area contributed by atoms with Gasteiger partial charge in [-0.3, -0.25) is 4.79 Å². The topological polar surface area (TPSA) is 75.6 Å². The molecule has 0 aliphatic carbocycles. The first-order chi connectivity index (χ1) is 7.40. The van der Waals surface area contributed by atoms with E-state index < -0.39 is 24.0 Å². The zero-order chi connectivity index (χ0) is 12.7. The molecule has 5 nitrogen and oxygen atoms in total. The number of carboxylic acid groups (broad SMARTS) is 1. The number of carboxylic acids is 1. The molecule has 0 aromatic carbocycles. The largest absolute Gasteiger partial charge is 0.480 e. The van der Waals surface area contributed by atoms with Crippen LogP contribution in [-0.4, -0.2) is 35.7 Å². The predicted molar refractivity (Wildman–Crippen MR) is 60.0 cm³/mol. The molecule has 0 bridgehead atoms. The van der Waals surface area contributed by atoms with Crippen molar-refractivity contribution in [3.8, 4) is 0 Å². The number of hydrogen-bond acceptors (Lipinski definition) is 3. The lowest BCUT2D eigenvalue weighted by atomic mass is 10.0. The Kier molecular flexibility index (Phi) is 6.41. The summed E-state index contributed by atoms with van der Waals surface area (Å²) in [4.78, 5) is 22.4. The Morgan fingerprint density at radius 3 is 2.38 bits per heavy atom. The average Bonchev–Trinajstić information content (AvgIpc) is 2.20. The number of hydrogen-bond donors (Lipinski definition) is 2. The van der Waals surface area contributed by atoms with Crippen LogP contribution in [0.3, 0.4) is 0 Å². The fourth-order valence-corrected chi connectivity index (χ4v) is 1.07. The van der Waals surface area contributed by atoms with Crippen LogP contribution in [0.15, 0.2) is 12.7 Å². The van der Waals surface area contributed by atoms with Crippen molar-refractivity contribution in [3.63, 3.8) is 0 Å². The number of carbonyl (C=O) groups excluding carboxylic acids is 1. The van der Waals surface area contributed by atoms with Crippen LogP contribution < -0.4 is 5.32 Å². The first kappa shape index (κ1) is 14.6. The molecule has 1 amide bonds. The maximum Gasteiger partial charge on any atom is 0.326 e. The SMILES string of the molecule is C=CCOC(C)C(=O)NC(C(=O)O)C(C)C. The summed E-state index contributed by atoms with van der Waals surface area (Å²) in [6, 6.07) is -0.887. The summed E-state index contributed by atoms with van der Waals surface area (Å²) in [5.41, 5.74) is 0. The number of nitrogens with one attached hydrogen (secondary N) is 1.